The molecule has 1 aliphatic rings. The number of aromatic nitrogens is 1. The van der Waals surface area contributed by atoms with E-state index in [1.54, 1.807) is 18.3 Å². The van der Waals surface area contributed by atoms with Gasteiger partial charge in [-0.2, -0.15) is 0 Å². The summed E-state index contributed by atoms with van der Waals surface area (Å²) in [6, 6.07) is 7.08. The molecule has 0 spiro atoms. The van der Waals surface area contributed by atoms with Crippen molar-refractivity contribution in [1.82, 2.24) is 4.98 Å². The van der Waals surface area contributed by atoms with Gasteiger partial charge in [0.1, 0.15) is 10.4 Å². The van der Waals surface area contributed by atoms with Crippen molar-refractivity contribution in [3.63, 3.8) is 0 Å². The minimum absolute atomic E-state index is 0.178. The van der Waals surface area contributed by atoms with Gasteiger partial charge in [-0.15, -0.1) is 0 Å². The van der Waals surface area contributed by atoms with E-state index in [0.717, 1.165) is 15.9 Å². The van der Waals surface area contributed by atoms with Gasteiger partial charge in [0.2, 0.25) is 6.79 Å². The largest absolute Gasteiger partial charge is 0.507 e. The van der Waals surface area contributed by atoms with Crippen LogP contribution >= 0.6 is 15.9 Å². The third-order valence-corrected chi connectivity index (χ3v) is 3.43. The SMILES string of the molecule is Oc1cc2c(cc1CNc1cccnc1Br)OCO2. The highest BCUT2D eigenvalue weighted by Gasteiger charge is 2.16. The Labute approximate surface area is 118 Å². The van der Waals surface area contributed by atoms with Crippen LogP contribution in [-0.2, 0) is 6.54 Å². The minimum Gasteiger partial charge on any atom is -0.507 e. The van der Waals surface area contributed by atoms with E-state index in [9.17, 15) is 5.11 Å². The highest BCUT2D eigenvalue weighted by atomic mass is 79.9. The molecule has 0 unspecified atom stereocenters. The lowest BCUT2D eigenvalue weighted by Crippen LogP contribution is -2.01. The first kappa shape index (κ1) is 12.1. The molecule has 1 aliphatic heterocycles. The Morgan fingerprint density at radius 3 is 2.89 bits per heavy atom. The predicted molar refractivity (Wildman–Crippen MR) is 73.5 cm³/mol. The molecule has 3 rings (SSSR count). The van der Waals surface area contributed by atoms with E-state index >= 15 is 0 Å². The van der Waals surface area contributed by atoms with Gasteiger partial charge in [0.15, 0.2) is 11.5 Å². The number of nitrogens with zero attached hydrogens (tertiary/aromatic N) is 1. The molecule has 2 heterocycles. The van der Waals surface area contributed by atoms with E-state index < -0.39 is 0 Å². The first-order chi connectivity index (χ1) is 9.24. The van der Waals surface area contributed by atoms with Crippen molar-refractivity contribution in [2.75, 3.05) is 12.1 Å². The second kappa shape index (κ2) is 4.97. The standard InChI is InChI=1S/C13H11BrN2O3/c14-13-9(2-1-3-15-13)16-6-8-4-11-12(5-10(8)17)19-7-18-11/h1-5,16-17H,6-7H2. The van der Waals surface area contributed by atoms with Crippen molar-refractivity contribution in [3.05, 3.63) is 40.6 Å². The van der Waals surface area contributed by atoms with E-state index in [1.165, 1.54) is 0 Å². The maximum atomic E-state index is 9.92. The van der Waals surface area contributed by atoms with E-state index in [-0.39, 0.29) is 12.5 Å². The summed E-state index contributed by atoms with van der Waals surface area (Å²) in [7, 11) is 0. The topological polar surface area (TPSA) is 63.6 Å². The lowest BCUT2D eigenvalue weighted by molar-refractivity contribution is 0.174. The average molecular weight is 323 g/mol. The Morgan fingerprint density at radius 2 is 2.11 bits per heavy atom. The number of fused-ring (bicyclic) bond motifs is 1. The highest BCUT2D eigenvalue weighted by molar-refractivity contribution is 9.10. The quantitative estimate of drug-likeness (QED) is 0.851. The summed E-state index contributed by atoms with van der Waals surface area (Å²) >= 11 is 3.36. The molecule has 0 amide bonds. The van der Waals surface area contributed by atoms with Gasteiger partial charge in [0, 0.05) is 24.4 Å². The summed E-state index contributed by atoms with van der Waals surface area (Å²) in [5.74, 6) is 1.40. The molecule has 0 fully saturated rings. The van der Waals surface area contributed by atoms with Gasteiger partial charge in [-0.3, -0.25) is 0 Å². The van der Waals surface area contributed by atoms with Gasteiger partial charge in [0.05, 0.1) is 5.69 Å². The Kier molecular flexibility index (Phi) is 3.16. The Bertz CT molecular complexity index is 619. The zero-order valence-corrected chi connectivity index (χ0v) is 11.5. The summed E-state index contributed by atoms with van der Waals surface area (Å²) in [5, 5.41) is 13.1. The molecular formula is C13H11BrN2O3. The van der Waals surface area contributed by atoms with E-state index in [1.807, 2.05) is 12.1 Å². The fraction of sp³-hybridized carbons (Fsp3) is 0.154. The number of pyridine rings is 1. The number of benzene rings is 1. The normalized spacial score (nSPS) is 12.5. The highest BCUT2D eigenvalue weighted by Crippen LogP contribution is 2.37. The summed E-state index contributed by atoms with van der Waals surface area (Å²) in [6.07, 6.45) is 1.70. The average Bonchev–Trinajstić information content (AvgIpc) is 2.84. The van der Waals surface area contributed by atoms with Crippen LogP contribution in [0.2, 0.25) is 0 Å². The summed E-state index contributed by atoms with van der Waals surface area (Å²) in [4.78, 5) is 4.12. The number of hydrogen-bond donors (Lipinski definition) is 2. The Hall–Kier alpha value is -1.95. The maximum absolute atomic E-state index is 9.92. The van der Waals surface area contributed by atoms with Gasteiger partial charge < -0.3 is 19.9 Å². The number of nitrogens with one attached hydrogen (secondary N) is 1. The molecule has 0 radical (unpaired) electrons. The molecular weight excluding hydrogens is 312 g/mol. The molecule has 19 heavy (non-hydrogen) atoms. The molecule has 2 N–H and O–H groups in total. The van der Waals surface area contributed by atoms with Crippen LogP contribution in [0.5, 0.6) is 17.2 Å². The smallest absolute Gasteiger partial charge is 0.231 e. The van der Waals surface area contributed by atoms with Gasteiger partial charge in [-0.25, -0.2) is 4.98 Å². The van der Waals surface area contributed by atoms with Crippen LogP contribution in [0.3, 0.4) is 0 Å². The van der Waals surface area contributed by atoms with Crippen LogP contribution in [-0.4, -0.2) is 16.9 Å². The zero-order chi connectivity index (χ0) is 13.2. The van der Waals surface area contributed by atoms with Gasteiger partial charge >= 0.3 is 0 Å². The molecule has 0 bridgehead atoms. The number of anilines is 1. The third kappa shape index (κ3) is 2.44. The van der Waals surface area contributed by atoms with E-state index in [2.05, 4.69) is 26.2 Å². The number of ether oxygens (including phenoxy) is 2. The van der Waals surface area contributed by atoms with Crippen molar-refractivity contribution in [2.24, 2.45) is 0 Å². The number of rotatable bonds is 3. The predicted octanol–water partition coefficient (Wildman–Crippen LogP) is 2.89. The minimum atomic E-state index is 0.178. The van der Waals surface area contributed by atoms with E-state index in [4.69, 9.17) is 9.47 Å². The molecule has 0 saturated carbocycles. The molecule has 5 nitrogen and oxygen atoms in total. The number of aromatic hydroxyl groups is 1. The van der Waals surface area contributed by atoms with Gasteiger partial charge in [-0.1, -0.05) is 0 Å². The summed E-state index contributed by atoms with van der Waals surface area (Å²) < 4.78 is 11.2. The van der Waals surface area contributed by atoms with Gasteiger partial charge in [-0.05, 0) is 34.1 Å². The van der Waals surface area contributed by atoms with Crippen LogP contribution in [0.25, 0.3) is 0 Å². The maximum Gasteiger partial charge on any atom is 0.231 e. The Morgan fingerprint density at radius 1 is 1.32 bits per heavy atom. The van der Waals surface area contributed by atoms with Crippen LogP contribution in [0.1, 0.15) is 5.56 Å². The number of phenols is 1. The Balaban J connectivity index is 1.79. The molecule has 1 aromatic carbocycles. The first-order valence-electron chi connectivity index (χ1n) is 5.70. The van der Waals surface area contributed by atoms with Crippen LogP contribution < -0.4 is 14.8 Å². The molecule has 0 aliphatic carbocycles. The second-order valence-corrected chi connectivity index (χ2v) is 4.78. The lowest BCUT2D eigenvalue weighted by atomic mass is 10.1. The number of halogens is 1. The molecule has 1 aromatic heterocycles. The molecule has 98 valence electrons. The summed E-state index contributed by atoms with van der Waals surface area (Å²) in [6.45, 7) is 0.659. The first-order valence-corrected chi connectivity index (χ1v) is 6.49. The molecule has 2 aromatic rings. The lowest BCUT2D eigenvalue weighted by Gasteiger charge is -2.10. The van der Waals surface area contributed by atoms with Crippen molar-refractivity contribution < 1.29 is 14.6 Å². The van der Waals surface area contributed by atoms with Gasteiger partial charge in [0.25, 0.3) is 0 Å². The van der Waals surface area contributed by atoms with Crippen molar-refractivity contribution >= 4 is 21.6 Å². The fourth-order valence-corrected chi connectivity index (χ4v) is 2.21. The molecule has 6 heteroatoms. The number of phenolic OH excluding ortho intramolecular Hbond substituents is 1. The molecule has 0 saturated heterocycles. The molecule has 0 atom stereocenters. The van der Waals surface area contributed by atoms with Crippen LogP contribution in [0.4, 0.5) is 5.69 Å². The monoisotopic (exact) mass is 322 g/mol. The van der Waals surface area contributed by atoms with Crippen LogP contribution in [0, 0.1) is 0 Å². The fourth-order valence-electron chi connectivity index (χ4n) is 1.82. The van der Waals surface area contributed by atoms with Crippen molar-refractivity contribution in [3.8, 4) is 17.2 Å². The van der Waals surface area contributed by atoms with Crippen LogP contribution in [0.15, 0.2) is 35.1 Å². The van der Waals surface area contributed by atoms with Crippen molar-refractivity contribution in [1.29, 1.82) is 0 Å². The zero-order valence-electron chi connectivity index (χ0n) is 9.89. The summed E-state index contributed by atoms with van der Waals surface area (Å²) in [5.41, 5.74) is 1.60. The van der Waals surface area contributed by atoms with E-state index in [0.29, 0.717) is 18.0 Å². The number of hydrogen-bond acceptors (Lipinski definition) is 5. The third-order valence-electron chi connectivity index (χ3n) is 2.80. The van der Waals surface area contributed by atoms with Crippen molar-refractivity contribution in [2.45, 2.75) is 6.54 Å². The second-order valence-electron chi connectivity index (χ2n) is 4.03.